The lowest BCUT2D eigenvalue weighted by Gasteiger charge is -2.15. The standard InChI is InChI=1S/C9H10F3N/c1-6-2-3-8(10)7(4-6)9(11,12)5-13/h2-4H,5,13H2,1H3. The van der Waals surface area contributed by atoms with E-state index in [4.69, 9.17) is 5.73 Å². The molecule has 0 aromatic heterocycles. The Hall–Kier alpha value is -1.03. The van der Waals surface area contributed by atoms with E-state index in [-0.39, 0.29) is 0 Å². The van der Waals surface area contributed by atoms with Gasteiger partial charge >= 0.3 is 0 Å². The van der Waals surface area contributed by atoms with E-state index in [1.807, 2.05) is 0 Å². The molecular formula is C9H10F3N. The van der Waals surface area contributed by atoms with Crippen molar-refractivity contribution < 1.29 is 13.2 Å². The first-order chi connectivity index (χ1) is 5.97. The van der Waals surface area contributed by atoms with E-state index in [1.165, 1.54) is 6.07 Å². The van der Waals surface area contributed by atoms with Gasteiger partial charge in [-0.05, 0) is 19.1 Å². The van der Waals surface area contributed by atoms with E-state index in [9.17, 15) is 13.2 Å². The zero-order valence-corrected chi connectivity index (χ0v) is 7.15. The van der Waals surface area contributed by atoms with Crippen LogP contribution in [-0.2, 0) is 5.92 Å². The zero-order valence-electron chi connectivity index (χ0n) is 7.15. The summed E-state index contributed by atoms with van der Waals surface area (Å²) in [5.41, 5.74) is 4.80. The normalized spacial score (nSPS) is 11.8. The molecule has 13 heavy (non-hydrogen) atoms. The van der Waals surface area contributed by atoms with Gasteiger partial charge in [-0.3, -0.25) is 0 Å². The molecule has 0 fully saturated rings. The lowest BCUT2D eigenvalue weighted by Crippen LogP contribution is -2.26. The van der Waals surface area contributed by atoms with E-state index < -0.39 is 23.8 Å². The van der Waals surface area contributed by atoms with Crippen molar-refractivity contribution in [3.05, 3.63) is 35.1 Å². The second kappa shape index (κ2) is 3.38. The molecule has 1 aromatic rings. The van der Waals surface area contributed by atoms with Crippen molar-refractivity contribution in [2.75, 3.05) is 6.54 Å². The van der Waals surface area contributed by atoms with Gasteiger partial charge in [-0.1, -0.05) is 11.6 Å². The van der Waals surface area contributed by atoms with Crippen molar-refractivity contribution in [3.63, 3.8) is 0 Å². The van der Waals surface area contributed by atoms with Crippen LogP contribution in [0.15, 0.2) is 18.2 Å². The van der Waals surface area contributed by atoms with E-state index in [2.05, 4.69) is 0 Å². The summed E-state index contributed by atoms with van der Waals surface area (Å²) in [5, 5.41) is 0. The number of hydrogen-bond acceptors (Lipinski definition) is 1. The Morgan fingerprint density at radius 3 is 2.54 bits per heavy atom. The minimum Gasteiger partial charge on any atom is -0.325 e. The number of aryl methyl sites for hydroxylation is 1. The molecule has 0 atom stereocenters. The monoisotopic (exact) mass is 189 g/mol. The number of alkyl halides is 2. The highest BCUT2D eigenvalue weighted by atomic mass is 19.3. The first kappa shape index (κ1) is 10.1. The van der Waals surface area contributed by atoms with Crippen molar-refractivity contribution in [1.29, 1.82) is 0 Å². The van der Waals surface area contributed by atoms with Gasteiger partial charge in [-0.2, -0.15) is 8.78 Å². The van der Waals surface area contributed by atoms with Crippen molar-refractivity contribution >= 4 is 0 Å². The molecule has 0 bridgehead atoms. The van der Waals surface area contributed by atoms with Crippen LogP contribution in [0.4, 0.5) is 13.2 Å². The highest BCUT2D eigenvalue weighted by Gasteiger charge is 2.32. The van der Waals surface area contributed by atoms with Crippen molar-refractivity contribution in [3.8, 4) is 0 Å². The van der Waals surface area contributed by atoms with Crippen LogP contribution in [0.25, 0.3) is 0 Å². The molecule has 0 saturated heterocycles. The fraction of sp³-hybridized carbons (Fsp3) is 0.333. The Bertz CT molecular complexity index is 310. The molecule has 2 N–H and O–H groups in total. The Morgan fingerprint density at radius 1 is 1.38 bits per heavy atom. The van der Waals surface area contributed by atoms with Gasteiger partial charge in [0.05, 0.1) is 12.1 Å². The number of rotatable bonds is 2. The highest BCUT2D eigenvalue weighted by Crippen LogP contribution is 2.29. The summed E-state index contributed by atoms with van der Waals surface area (Å²) in [6.45, 7) is 0.739. The van der Waals surface area contributed by atoms with Gasteiger partial charge in [0.1, 0.15) is 5.82 Å². The second-order valence-corrected chi connectivity index (χ2v) is 2.89. The SMILES string of the molecule is Cc1ccc(F)c(C(F)(F)CN)c1. The van der Waals surface area contributed by atoms with Crippen molar-refractivity contribution in [1.82, 2.24) is 0 Å². The average molecular weight is 189 g/mol. The molecule has 72 valence electrons. The Morgan fingerprint density at radius 2 is 2.00 bits per heavy atom. The third-order valence-corrected chi connectivity index (χ3v) is 1.77. The minimum atomic E-state index is -3.28. The summed E-state index contributed by atoms with van der Waals surface area (Å²) in [6, 6.07) is 3.57. The molecule has 1 rings (SSSR count). The summed E-state index contributed by atoms with van der Waals surface area (Å²) in [5.74, 6) is -4.20. The van der Waals surface area contributed by atoms with Crippen molar-refractivity contribution in [2.24, 2.45) is 5.73 Å². The molecule has 0 spiro atoms. The van der Waals surface area contributed by atoms with Crippen LogP contribution in [0.2, 0.25) is 0 Å². The van der Waals surface area contributed by atoms with Gasteiger partial charge in [0, 0.05) is 0 Å². The van der Waals surface area contributed by atoms with Crippen LogP contribution in [0, 0.1) is 12.7 Å². The maximum atomic E-state index is 13.0. The van der Waals surface area contributed by atoms with Gasteiger partial charge in [0.15, 0.2) is 0 Å². The molecule has 0 aliphatic carbocycles. The smallest absolute Gasteiger partial charge is 0.288 e. The van der Waals surface area contributed by atoms with Gasteiger partial charge in [0.25, 0.3) is 5.92 Å². The third-order valence-electron chi connectivity index (χ3n) is 1.77. The van der Waals surface area contributed by atoms with E-state index in [0.717, 1.165) is 12.1 Å². The molecule has 0 radical (unpaired) electrons. The summed E-state index contributed by atoms with van der Waals surface area (Å²) < 4.78 is 38.8. The van der Waals surface area contributed by atoms with Crippen LogP contribution in [0.5, 0.6) is 0 Å². The lowest BCUT2D eigenvalue weighted by molar-refractivity contribution is 0.00233. The van der Waals surface area contributed by atoms with E-state index >= 15 is 0 Å². The van der Waals surface area contributed by atoms with Crippen LogP contribution in [0.1, 0.15) is 11.1 Å². The van der Waals surface area contributed by atoms with E-state index in [1.54, 1.807) is 6.92 Å². The Kier molecular flexibility index (Phi) is 2.61. The Balaban J connectivity index is 3.20. The fourth-order valence-electron chi connectivity index (χ4n) is 1.03. The number of halogens is 3. The summed E-state index contributed by atoms with van der Waals surface area (Å²) >= 11 is 0. The van der Waals surface area contributed by atoms with Crippen LogP contribution < -0.4 is 5.73 Å². The number of nitrogens with two attached hydrogens (primary N) is 1. The van der Waals surface area contributed by atoms with Gasteiger partial charge in [0.2, 0.25) is 0 Å². The number of hydrogen-bond donors (Lipinski definition) is 1. The maximum Gasteiger partial charge on any atom is 0.288 e. The zero-order chi connectivity index (χ0) is 10.1. The summed E-state index contributed by atoms with van der Waals surface area (Å²) in [4.78, 5) is 0. The molecule has 0 unspecified atom stereocenters. The van der Waals surface area contributed by atoms with Gasteiger partial charge in [-0.25, -0.2) is 4.39 Å². The minimum absolute atomic E-state index is 0.588. The predicted molar refractivity (Wildman–Crippen MR) is 44.1 cm³/mol. The van der Waals surface area contributed by atoms with Crippen molar-refractivity contribution in [2.45, 2.75) is 12.8 Å². The molecule has 1 nitrogen and oxygen atoms in total. The van der Waals surface area contributed by atoms with Gasteiger partial charge < -0.3 is 5.73 Å². The Labute approximate surface area is 74.4 Å². The van der Waals surface area contributed by atoms with Crippen LogP contribution in [0.3, 0.4) is 0 Å². The first-order valence-electron chi connectivity index (χ1n) is 3.82. The largest absolute Gasteiger partial charge is 0.325 e. The lowest BCUT2D eigenvalue weighted by atomic mass is 10.1. The molecule has 1 aromatic carbocycles. The first-order valence-corrected chi connectivity index (χ1v) is 3.82. The molecule has 0 aliphatic heterocycles. The molecular weight excluding hydrogens is 179 g/mol. The summed E-state index contributed by atoms with van der Waals surface area (Å²) in [7, 11) is 0. The van der Waals surface area contributed by atoms with E-state index in [0.29, 0.717) is 5.56 Å². The summed E-state index contributed by atoms with van der Waals surface area (Å²) in [6.07, 6.45) is 0. The van der Waals surface area contributed by atoms with Gasteiger partial charge in [-0.15, -0.1) is 0 Å². The second-order valence-electron chi connectivity index (χ2n) is 2.89. The molecule has 0 saturated carbocycles. The number of benzene rings is 1. The topological polar surface area (TPSA) is 26.0 Å². The molecule has 4 heteroatoms. The van der Waals surface area contributed by atoms with Crippen LogP contribution >= 0.6 is 0 Å². The fourth-order valence-corrected chi connectivity index (χ4v) is 1.03. The van der Waals surface area contributed by atoms with Crippen LogP contribution in [-0.4, -0.2) is 6.54 Å². The molecule has 0 aliphatic rings. The quantitative estimate of drug-likeness (QED) is 0.758. The molecule has 0 amide bonds. The maximum absolute atomic E-state index is 13.0. The average Bonchev–Trinajstić information content (AvgIpc) is 2.09. The molecule has 0 heterocycles. The predicted octanol–water partition coefficient (Wildman–Crippen LogP) is 2.18. The highest BCUT2D eigenvalue weighted by molar-refractivity contribution is 5.27. The third kappa shape index (κ3) is 2.01.